The second-order valence-electron chi connectivity index (χ2n) is 4.31. The van der Waals surface area contributed by atoms with Gasteiger partial charge >= 0.3 is 0 Å². The zero-order valence-corrected chi connectivity index (χ0v) is 13.3. The summed E-state index contributed by atoms with van der Waals surface area (Å²) >= 11 is 7.13. The quantitative estimate of drug-likeness (QED) is 0.634. The number of H-pyrrole nitrogens is 1. The van der Waals surface area contributed by atoms with E-state index >= 15 is 0 Å². The Kier molecular flexibility index (Phi) is 3.62. The molecule has 2 aromatic carbocycles. The maximum atomic E-state index is 3.56. The first-order chi connectivity index (χ1) is 9.25. The summed E-state index contributed by atoms with van der Waals surface area (Å²) in [5.74, 6) is 0. The van der Waals surface area contributed by atoms with Crippen LogP contribution in [0.25, 0.3) is 10.9 Å². The molecule has 1 aromatic heterocycles. The number of anilines is 1. The maximum Gasteiger partial charge on any atom is 0.0631 e. The average Bonchev–Trinajstić information content (AvgIpc) is 2.87. The summed E-state index contributed by atoms with van der Waals surface area (Å²) in [5, 5.41) is 4.73. The van der Waals surface area contributed by atoms with Gasteiger partial charge in [0, 0.05) is 32.6 Å². The molecule has 0 fully saturated rings. The van der Waals surface area contributed by atoms with Gasteiger partial charge in [-0.25, -0.2) is 0 Å². The fourth-order valence-corrected chi connectivity index (χ4v) is 3.43. The lowest BCUT2D eigenvalue weighted by atomic mass is 10.1. The molecule has 96 valence electrons. The minimum Gasteiger partial charge on any atom is -0.379 e. The number of fused-ring (bicyclic) bond motifs is 1. The van der Waals surface area contributed by atoms with Gasteiger partial charge in [-0.05, 0) is 61.7 Å². The Balaban J connectivity index is 1.88. The fraction of sp³-hybridized carbons (Fsp3) is 0.0667. The van der Waals surface area contributed by atoms with Crippen LogP contribution in [0.1, 0.15) is 5.56 Å². The highest BCUT2D eigenvalue weighted by molar-refractivity contribution is 9.11. The van der Waals surface area contributed by atoms with Crippen molar-refractivity contribution in [1.29, 1.82) is 0 Å². The van der Waals surface area contributed by atoms with Gasteiger partial charge in [-0.2, -0.15) is 0 Å². The number of aromatic nitrogens is 1. The standard InChI is InChI=1S/C15H12Br2N2/c16-12-4-2-5-13(17)15(12)19-9-10-3-1-6-14-11(10)7-8-18-14/h1-8,18-19H,9H2. The van der Waals surface area contributed by atoms with E-state index in [0.717, 1.165) is 21.2 Å². The molecule has 0 aliphatic rings. The van der Waals surface area contributed by atoms with Gasteiger partial charge in [-0.1, -0.05) is 18.2 Å². The molecule has 0 atom stereocenters. The van der Waals surface area contributed by atoms with Gasteiger partial charge in [0.1, 0.15) is 0 Å². The Morgan fingerprint density at radius 3 is 2.47 bits per heavy atom. The van der Waals surface area contributed by atoms with Crippen LogP contribution in [-0.4, -0.2) is 4.98 Å². The van der Waals surface area contributed by atoms with Gasteiger partial charge in [-0.3, -0.25) is 0 Å². The first kappa shape index (κ1) is 12.8. The first-order valence-electron chi connectivity index (χ1n) is 5.98. The van der Waals surface area contributed by atoms with Crippen molar-refractivity contribution >= 4 is 48.5 Å². The zero-order valence-electron chi connectivity index (χ0n) is 10.1. The second-order valence-corrected chi connectivity index (χ2v) is 6.01. The van der Waals surface area contributed by atoms with E-state index in [1.54, 1.807) is 0 Å². The molecule has 2 nitrogen and oxygen atoms in total. The Bertz CT molecular complexity index is 699. The van der Waals surface area contributed by atoms with Crippen molar-refractivity contribution in [3.05, 3.63) is 63.2 Å². The molecule has 3 rings (SSSR count). The zero-order chi connectivity index (χ0) is 13.2. The predicted octanol–water partition coefficient (Wildman–Crippen LogP) is 5.31. The number of aromatic amines is 1. The number of nitrogens with one attached hydrogen (secondary N) is 2. The van der Waals surface area contributed by atoms with Crippen LogP contribution in [0.5, 0.6) is 0 Å². The molecule has 1 heterocycles. The van der Waals surface area contributed by atoms with Gasteiger partial charge < -0.3 is 10.3 Å². The van der Waals surface area contributed by atoms with Crippen LogP contribution >= 0.6 is 31.9 Å². The van der Waals surface area contributed by atoms with Crippen molar-refractivity contribution in [2.24, 2.45) is 0 Å². The molecule has 4 heteroatoms. The second kappa shape index (κ2) is 5.39. The van der Waals surface area contributed by atoms with Crippen molar-refractivity contribution in [1.82, 2.24) is 4.98 Å². The molecule has 0 saturated carbocycles. The van der Waals surface area contributed by atoms with Crippen molar-refractivity contribution in [3.63, 3.8) is 0 Å². The fourth-order valence-electron chi connectivity index (χ4n) is 2.15. The SMILES string of the molecule is Brc1cccc(Br)c1NCc1cccc2[nH]ccc12. The van der Waals surface area contributed by atoms with E-state index in [4.69, 9.17) is 0 Å². The van der Waals surface area contributed by atoms with E-state index in [9.17, 15) is 0 Å². The summed E-state index contributed by atoms with van der Waals surface area (Å²) in [6.45, 7) is 0.788. The van der Waals surface area contributed by atoms with E-state index in [2.05, 4.69) is 66.4 Å². The Morgan fingerprint density at radius 1 is 0.947 bits per heavy atom. The molecule has 3 aromatic rings. The van der Waals surface area contributed by atoms with Crippen LogP contribution < -0.4 is 5.32 Å². The number of hydrogen-bond acceptors (Lipinski definition) is 1. The van der Waals surface area contributed by atoms with Crippen molar-refractivity contribution in [2.75, 3.05) is 5.32 Å². The van der Waals surface area contributed by atoms with Crippen molar-refractivity contribution < 1.29 is 0 Å². The van der Waals surface area contributed by atoms with Gasteiger partial charge in [-0.15, -0.1) is 0 Å². The van der Waals surface area contributed by atoms with E-state index in [0.29, 0.717) is 0 Å². The van der Waals surface area contributed by atoms with Crippen LogP contribution in [0.3, 0.4) is 0 Å². The lowest BCUT2D eigenvalue weighted by Gasteiger charge is -2.11. The van der Waals surface area contributed by atoms with Crippen LogP contribution in [0.4, 0.5) is 5.69 Å². The molecule has 0 aliphatic carbocycles. The summed E-state index contributed by atoms with van der Waals surface area (Å²) in [6, 6.07) is 14.5. The van der Waals surface area contributed by atoms with E-state index < -0.39 is 0 Å². The van der Waals surface area contributed by atoms with E-state index in [1.165, 1.54) is 16.5 Å². The molecule has 0 saturated heterocycles. The number of hydrogen-bond donors (Lipinski definition) is 2. The molecular weight excluding hydrogens is 368 g/mol. The summed E-state index contributed by atoms with van der Waals surface area (Å²) in [4.78, 5) is 3.23. The number of halogens is 2. The first-order valence-corrected chi connectivity index (χ1v) is 7.57. The van der Waals surface area contributed by atoms with Gasteiger partial charge in [0.25, 0.3) is 0 Å². The molecule has 0 spiro atoms. The summed E-state index contributed by atoms with van der Waals surface area (Å²) in [5.41, 5.74) is 3.53. The van der Waals surface area contributed by atoms with E-state index in [1.807, 2.05) is 24.4 Å². The third-order valence-corrected chi connectivity index (χ3v) is 4.43. The summed E-state index contributed by atoms with van der Waals surface area (Å²) in [6.07, 6.45) is 1.97. The third kappa shape index (κ3) is 2.55. The van der Waals surface area contributed by atoms with E-state index in [-0.39, 0.29) is 0 Å². The monoisotopic (exact) mass is 378 g/mol. The molecular formula is C15H12Br2N2. The smallest absolute Gasteiger partial charge is 0.0631 e. The molecule has 0 unspecified atom stereocenters. The maximum absolute atomic E-state index is 3.56. The summed E-state index contributed by atoms with van der Waals surface area (Å²) < 4.78 is 2.12. The highest BCUT2D eigenvalue weighted by Crippen LogP contribution is 2.31. The molecule has 0 amide bonds. The van der Waals surface area contributed by atoms with Gasteiger partial charge in [0.05, 0.1) is 5.69 Å². The largest absolute Gasteiger partial charge is 0.379 e. The number of rotatable bonds is 3. The Labute approximate surface area is 128 Å². The normalized spacial score (nSPS) is 10.8. The average molecular weight is 380 g/mol. The van der Waals surface area contributed by atoms with Crippen LogP contribution in [0.2, 0.25) is 0 Å². The molecule has 19 heavy (non-hydrogen) atoms. The Morgan fingerprint density at radius 2 is 1.68 bits per heavy atom. The summed E-state index contributed by atoms with van der Waals surface area (Å²) in [7, 11) is 0. The highest BCUT2D eigenvalue weighted by atomic mass is 79.9. The van der Waals surface area contributed by atoms with Crippen LogP contribution in [0, 0.1) is 0 Å². The molecule has 0 bridgehead atoms. The molecule has 0 aliphatic heterocycles. The molecule has 2 N–H and O–H groups in total. The number of benzene rings is 2. The van der Waals surface area contributed by atoms with Gasteiger partial charge in [0.15, 0.2) is 0 Å². The van der Waals surface area contributed by atoms with Gasteiger partial charge in [0.2, 0.25) is 0 Å². The third-order valence-electron chi connectivity index (χ3n) is 3.10. The van der Waals surface area contributed by atoms with Crippen molar-refractivity contribution in [2.45, 2.75) is 6.54 Å². The van der Waals surface area contributed by atoms with Crippen LogP contribution in [0.15, 0.2) is 57.6 Å². The number of para-hydroxylation sites is 1. The Hall–Kier alpha value is -1.26. The predicted molar refractivity (Wildman–Crippen MR) is 87.5 cm³/mol. The molecule has 0 radical (unpaired) electrons. The van der Waals surface area contributed by atoms with Crippen LogP contribution in [-0.2, 0) is 6.54 Å². The minimum absolute atomic E-state index is 0.788. The lowest BCUT2D eigenvalue weighted by molar-refractivity contribution is 1.16. The topological polar surface area (TPSA) is 27.8 Å². The highest BCUT2D eigenvalue weighted by Gasteiger charge is 2.06. The van der Waals surface area contributed by atoms with Crippen molar-refractivity contribution in [3.8, 4) is 0 Å². The lowest BCUT2D eigenvalue weighted by Crippen LogP contribution is -2.01. The minimum atomic E-state index is 0.788.